The van der Waals surface area contributed by atoms with Gasteiger partial charge >= 0.3 is 0 Å². The summed E-state index contributed by atoms with van der Waals surface area (Å²) in [5.41, 5.74) is 2.32. The topological polar surface area (TPSA) is 41.6 Å². The molecule has 0 atom stereocenters. The number of carbonyl (C=O) groups is 1. The SMILES string of the molecule is COc1ccc(CCC(=O)N2CCCNCC2)cc1C. The van der Waals surface area contributed by atoms with Crippen molar-refractivity contribution in [3.8, 4) is 5.75 Å². The third kappa shape index (κ3) is 3.97. The summed E-state index contributed by atoms with van der Waals surface area (Å²) in [6.07, 6.45) is 2.44. The highest BCUT2D eigenvalue weighted by molar-refractivity contribution is 5.76. The molecule has 0 aliphatic carbocycles. The van der Waals surface area contributed by atoms with Gasteiger partial charge in [-0.3, -0.25) is 4.79 Å². The minimum Gasteiger partial charge on any atom is -0.496 e. The first-order chi connectivity index (χ1) is 9.70. The first-order valence-corrected chi connectivity index (χ1v) is 7.32. The summed E-state index contributed by atoms with van der Waals surface area (Å²) in [6.45, 7) is 5.67. The lowest BCUT2D eigenvalue weighted by Crippen LogP contribution is -2.34. The zero-order valence-corrected chi connectivity index (χ0v) is 12.4. The average Bonchev–Trinajstić information content (AvgIpc) is 2.74. The highest BCUT2D eigenvalue weighted by Gasteiger charge is 2.14. The standard InChI is InChI=1S/C16H24N2O2/c1-13-12-14(4-6-15(13)20-2)5-7-16(19)18-10-3-8-17-9-11-18/h4,6,12,17H,3,5,7-11H2,1-2H3. The van der Waals surface area contributed by atoms with Gasteiger partial charge in [0, 0.05) is 26.1 Å². The fourth-order valence-electron chi connectivity index (χ4n) is 2.60. The van der Waals surface area contributed by atoms with Crippen LogP contribution >= 0.6 is 0 Å². The molecule has 1 N–H and O–H groups in total. The second kappa shape index (κ2) is 7.29. The van der Waals surface area contributed by atoms with Gasteiger partial charge in [-0.15, -0.1) is 0 Å². The highest BCUT2D eigenvalue weighted by Crippen LogP contribution is 2.19. The van der Waals surface area contributed by atoms with E-state index in [1.54, 1.807) is 7.11 Å². The van der Waals surface area contributed by atoms with Gasteiger partial charge in [-0.25, -0.2) is 0 Å². The van der Waals surface area contributed by atoms with Crippen LogP contribution in [0.2, 0.25) is 0 Å². The highest BCUT2D eigenvalue weighted by atomic mass is 16.5. The van der Waals surface area contributed by atoms with Crippen molar-refractivity contribution in [2.75, 3.05) is 33.3 Å². The molecule has 1 aliphatic rings. The molecule has 0 unspecified atom stereocenters. The summed E-state index contributed by atoms with van der Waals surface area (Å²) < 4.78 is 5.25. The van der Waals surface area contributed by atoms with Crippen LogP contribution in [-0.4, -0.2) is 44.1 Å². The lowest BCUT2D eigenvalue weighted by molar-refractivity contribution is -0.130. The summed E-state index contributed by atoms with van der Waals surface area (Å²) in [6, 6.07) is 6.13. The molecule has 0 aromatic heterocycles. The lowest BCUT2D eigenvalue weighted by Gasteiger charge is -2.20. The Morgan fingerprint density at radius 2 is 2.20 bits per heavy atom. The average molecular weight is 276 g/mol. The van der Waals surface area contributed by atoms with Crippen LogP contribution in [0.15, 0.2) is 18.2 Å². The summed E-state index contributed by atoms with van der Waals surface area (Å²) >= 11 is 0. The van der Waals surface area contributed by atoms with E-state index in [0.717, 1.165) is 50.3 Å². The van der Waals surface area contributed by atoms with E-state index >= 15 is 0 Å². The number of ether oxygens (including phenoxy) is 1. The van der Waals surface area contributed by atoms with Crippen molar-refractivity contribution in [3.05, 3.63) is 29.3 Å². The quantitative estimate of drug-likeness (QED) is 0.911. The Kier molecular flexibility index (Phi) is 5.41. The van der Waals surface area contributed by atoms with Crippen LogP contribution in [0.1, 0.15) is 24.0 Å². The molecule has 1 fully saturated rings. The van der Waals surface area contributed by atoms with E-state index in [4.69, 9.17) is 4.74 Å². The number of benzene rings is 1. The Hall–Kier alpha value is -1.55. The zero-order chi connectivity index (χ0) is 14.4. The zero-order valence-electron chi connectivity index (χ0n) is 12.4. The molecular formula is C16H24N2O2. The summed E-state index contributed by atoms with van der Waals surface area (Å²) in [5.74, 6) is 1.17. The van der Waals surface area contributed by atoms with Gasteiger partial charge in [0.25, 0.3) is 0 Å². The van der Waals surface area contributed by atoms with Crippen molar-refractivity contribution < 1.29 is 9.53 Å². The number of rotatable bonds is 4. The smallest absolute Gasteiger partial charge is 0.222 e. The summed E-state index contributed by atoms with van der Waals surface area (Å²) in [7, 11) is 1.68. The fraction of sp³-hybridized carbons (Fsp3) is 0.562. The van der Waals surface area contributed by atoms with Gasteiger partial charge in [0.2, 0.25) is 5.91 Å². The van der Waals surface area contributed by atoms with Crippen LogP contribution in [0.4, 0.5) is 0 Å². The predicted molar refractivity (Wildman–Crippen MR) is 80.1 cm³/mol. The number of nitrogens with zero attached hydrogens (tertiary/aromatic N) is 1. The number of hydrogen-bond acceptors (Lipinski definition) is 3. The second-order valence-electron chi connectivity index (χ2n) is 5.29. The largest absolute Gasteiger partial charge is 0.496 e. The minimum atomic E-state index is 0.266. The van der Waals surface area contributed by atoms with Crippen molar-refractivity contribution in [2.24, 2.45) is 0 Å². The van der Waals surface area contributed by atoms with Crippen molar-refractivity contribution in [1.82, 2.24) is 10.2 Å². The van der Waals surface area contributed by atoms with Gasteiger partial charge in [0.15, 0.2) is 0 Å². The Morgan fingerprint density at radius 3 is 2.95 bits per heavy atom. The van der Waals surface area contributed by atoms with Crippen molar-refractivity contribution >= 4 is 5.91 Å². The van der Waals surface area contributed by atoms with Gasteiger partial charge in [0.05, 0.1) is 7.11 Å². The minimum absolute atomic E-state index is 0.266. The second-order valence-corrected chi connectivity index (χ2v) is 5.29. The third-order valence-electron chi connectivity index (χ3n) is 3.78. The van der Waals surface area contributed by atoms with E-state index < -0.39 is 0 Å². The molecule has 0 saturated carbocycles. The Bertz CT molecular complexity index is 452. The monoisotopic (exact) mass is 276 g/mol. The van der Waals surface area contributed by atoms with Gasteiger partial charge in [0.1, 0.15) is 5.75 Å². The van der Waals surface area contributed by atoms with Crippen molar-refractivity contribution in [1.29, 1.82) is 0 Å². The maximum atomic E-state index is 12.2. The maximum absolute atomic E-state index is 12.2. The molecule has 1 aliphatic heterocycles. The Labute approximate surface area is 121 Å². The molecule has 0 bridgehead atoms. The molecule has 4 heteroatoms. The molecule has 1 aromatic carbocycles. The van der Waals surface area contributed by atoms with E-state index in [2.05, 4.69) is 11.4 Å². The third-order valence-corrected chi connectivity index (χ3v) is 3.78. The molecule has 110 valence electrons. The fourth-order valence-corrected chi connectivity index (χ4v) is 2.60. The molecule has 2 rings (SSSR count). The Balaban J connectivity index is 1.87. The first-order valence-electron chi connectivity index (χ1n) is 7.32. The number of hydrogen-bond donors (Lipinski definition) is 1. The summed E-state index contributed by atoms with van der Waals surface area (Å²) in [5, 5.41) is 3.32. The van der Waals surface area contributed by atoms with Gasteiger partial charge in [-0.1, -0.05) is 12.1 Å². The lowest BCUT2D eigenvalue weighted by atomic mass is 10.1. The van der Waals surface area contributed by atoms with E-state index in [-0.39, 0.29) is 5.91 Å². The molecule has 1 saturated heterocycles. The normalized spacial score (nSPS) is 15.8. The van der Waals surface area contributed by atoms with Crippen LogP contribution in [0.25, 0.3) is 0 Å². The van der Waals surface area contributed by atoms with Gasteiger partial charge in [-0.2, -0.15) is 0 Å². The summed E-state index contributed by atoms with van der Waals surface area (Å²) in [4.78, 5) is 14.2. The van der Waals surface area contributed by atoms with Crippen LogP contribution in [0, 0.1) is 6.92 Å². The molecule has 1 amide bonds. The van der Waals surface area contributed by atoms with Crippen molar-refractivity contribution in [2.45, 2.75) is 26.2 Å². The van der Waals surface area contributed by atoms with Gasteiger partial charge < -0.3 is 15.0 Å². The van der Waals surface area contributed by atoms with Crippen LogP contribution in [-0.2, 0) is 11.2 Å². The van der Waals surface area contributed by atoms with Crippen molar-refractivity contribution in [3.63, 3.8) is 0 Å². The van der Waals surface area contributed by atoms with Crippen LogP contribution in [0.5, 0.6) is 5.75 Å². The van der Waals surface area contributed by atoms with Crippen LogP contribution in [0.3, 0.4) is 0 Å². The van der Waals surface area contributed by atoms with Gasteiger partial charge in [-0.05, 0) is 43.5 Å². The van der Waals surface area contributed by atoms with E-state index in [1.807, 2.05) is 24.0 Å². The number of nitrogens with one attached hydrogen (secondary N) is 1. The number of amides is 1. The number of carbonyl (C=O) groups excluding carboxylic acids is 1. The molecule has 1 aromatic rings. The Morgan fingerprint density at radius 1 is 1.35 bits per heavy atom. The molecule has 0 radical (unpaired) electrons. The molecule has 1 heterocycles. The molecule has 4 nitrogen and oxygen atoms in total. The predicted octanol–water partition coefficient (Wildman–Crippen LogP) is 1.76. The maximum Gasteiger partial charge on any atom is 0.222 e. The molecular weight excluding hydrogens is 252 g/mol. The van der Waals surface area contributed by atoms with Crippen LogP contribution < -0.4 is 10.1 Å². The molecule has 0 spiro atoms. The number of aryl methyl sites for hydroxylation is 2. The number of methoxy groups -OCH3 is 1. The first kappa shape index (κ1) is 14.9. The molecule has 20 heavy (non-hydrogen) atoms. The van der Waals surface area contributed by atoms with E-state index in [0.29, 0.717) is 6.42 Å². The van der Waals surface area contributed by atoms with E-state index in [9.17, 15) is 4.79 Å². The van der Waals surface area contributed by atoms with E-state index in [1.165, 1.54) is 5.56 Å².